The summed E-state index contributed by atoms with van der Waals surface area (Å²) in [6.07, 6.45) is 28.1. The van der Waals surface area contributed by atoms with Crippen LogP contribution >= 0.6 is 0 Å². The largest absolute Gasteiger partial charge is 0.456 e. The average Bonchev–Trinajstić information content (AvgIpc) is 3.55. The monoisotopic (exact) mass is 628 g/mol. The fourth-order valence-corrected chi connectivity index (χ4v) is 9.69. The van der Waals surface area contributed by atoms with E-state index >= 15 is 0 Å². The molecule has 1 nitrogen and oxygen atoms in total. The second-order valence-electron chi connectivity index (χ2n) is 14.5. The van der Waals surface area contributed by atoms with Crippen LogP contribution in [0.5, 0.6) is 0 Å². The molecule has 0 aliphatic heterocycles. The van der Waals surface area contributed by atoms with E-state index in [0.29, 0.717) is 23.7 Å². The summed E-state index contributed by atoms with van der Waals surface area (Å²) < 4.78 is 6.46. The molecule has 0 radical (unpaired) electrons. The molecule has 0 saturated carbocycles. The van der Waals surface area contributed by atoms with E-state index in [0.717, 1.165) is 30.6 Å². The first-order valence-corrected chi connectivity index (χ1v) is 18.0. The molecule has 0 fully saturated rings. The van der Waals surface area contributed by atoms with Gasteiger partial charge in [0.25, 0.3) is 0 Å². The van der Waals surface area contributed by atoms with Crippen molar-refractivity contribution in [3.63, 3.8) is 0 Å². The molecular formula is C48H36O. The highest BCUT2D eigenvalue weighted by molar-refractivity contribution is 6.25. The van der Waals surface area contributed by atoms with Crippen molar-refractivity contribution in [1.82, 2.24) is 0 Å². The maximum Gasteiger partial charge on any atom is 0.135 e. The quantitative estimate of drug-likeness (QED) is 0.174. The molecule has 0 spiro atoms. The molecule has 5 aromatic carbocycles. The molecule has 234 valence electrons. The van der Waals surface area contributed by atoms with Gasteiger partial charge in [-0.2, -0.15) is 0 Å². The Morgan fingerprint density at radius 1 is 0.612 bits per heavy atom. The Morgan fingerprint density at radius 3 is 2.12 bits per heavy atom. The molecule has 4 atom stereocenters. The lowest BCUT2D eigenvalue weighted by Gasteiger charge is -2.40. The van der Waals surface area contributed by atoms with E-state index in [1.165, 1.54) is 77.5 Å². The van der Waals surface area contributed by atoms with E-state index in [-0.39, 0.29) is 0 Å². The fraction of sp³-hybridized carbons (Fsp3) is 0.167. The van der Waals surface area contributed by atoms with Crippen molar-refractivity contribution in [2.75, 3.05) is 0 Å². The highest BCUT2D eigenvalue weighted by atomic mass is 16.3. The standard InChI is InChI=1S/C48H36O/c1-3-13-37-33(9-1)35-11-5-7-15-39(35)43-25-29(17-21-41(37)43)31-19-23-47-45(27-31)46-28-32(20-24-48(46)49-47)30-18-22-42-38-14-4-2-10-34(38)36-12-6-8-16-40(36)44(42)26-30/h1-5,7-11,13-17,19-26,28,30-31,34,38H,6,12,18,27H2. The molecule has 5 aliphatic rings. The summed E-state index contributed by atoms with van der Waals surface area (Å²) in [7, 11) is 0. The summed E-state index contributed by atoms with van der Waals surface area (Å²) in [4.78, 5) is 0. The van der Waals surface area contributed by atoms with Gasteiger partial charge in [-0.05, 0) is 110 Å². The van der Waals surface area contributed by atoms with Gasteiger partial charge >= 0.3 is 0 Å². The van der Waals surface area contributed by atoms with Gasteiger partial charge in [0.05, 0.1) is 0 Å². The van der Waals surface area contributed by atoms with E-state index in [2.05, 4.69) is 146 Å². The van der Waals surface area contributed by atoms with Gasteiger partial charge in [-0.25, -0.2) is 0 Å². The number of furan rings is 1. The second-order valence-corrected chi connectivity index (χ2v) is 14.5. The molecule has 1 aromatic heterocycles. The maximum atomic E-state index is 6.46. The van der Waals surface area contributed by atoms with E-state index in [1.807, 2.05) is 0 Å². The summed E-state index contributed by atoms with van der Waals surface area (Å²) >= 11 is 0. The molecule has 0 saturated heterocycles. The average molecular weight is 629 g/mol. The molecule has 4 unspecified atom stereocenters. The number of benzene rings is 5. The molecule has 1 heteroatoms. The Balaban J connectivity index is 0.968. The van der Waals surface area contributed by atoms with E-state index < -0.39 is 0 Å². The van der Waals surface area contributed by atoms with E-state index in [1.54, 1.807) is 5.57 Å². The molecular weight excluding hydrogens is 593 g/mol. The van der Waals surface area contributed by atoms with Crippen molar-refractivity contribution < 1.29 is 4.42 Å². The lowest BCUT2D eigenvalue weighted by atomic mass is 9.64. The van der Waals surface area contributed by atoms with Crippen molar-refractivity contribution in [2.24, 2.45) is 11.8 Å². The molecule has 49 heavy (non-hydrogen) atoms. The summed E-state index contributed by atoms with van der Waals surface area (Å²) in [6.45, 7) is 0. The Bertz CT molecular complexity index is 2590. The van der Waals surface area contributed by atoms with Gasteiger partial charge in [0.1, 0.15) is 11.3 Å². The van der Waals surface area contributed by atoms with Gasteiger partial charge in [-0.1, -0.05) is 127 Å². The molecule has 0 bridgehead atoms. The number of fused-ring (bicyclic) bond motifs is 14. The first-order chi connectivity index (χ1) is 24.3. The van der Waals surface area contributed by atoms with Gasteiger partial charge in [0, 0.05) is 34.6 Å². The van der Waals surface area contributed by atoms with Crippen LogP contribution < -0.4 is 0 Å². The van der Waals surface area contributed by atoms with Gasteiger partial charge in [-0.3, -0.25) is 0 Å². The van der Waals surface area contributed by atoms with Crippen LogP contribution in [0.3, 0.4) is 0 Å². The Hall–Kier alpha value is -5.40. The van der Waals surface area contributed by atoms with Crippen molar-refractivity contribution >= 4 is 49.4 Å². The zero-order chi connectivity index (χ0) is 32.1. The lowest BCUT2D eigenvalue weighted by Crippen LogP contribution is -2.27. The summed E-state index contributed by atoms with van der Waals surface area (Å²) in [5.41, 5.74) is 11.2. The fourth-order valence-electron chi connectivity index (χ4n) is 9.69. The van der Waals surface area contributed by atoms with Gasteiger partial charge in [0.2, 0.25) is 0 Å². The van der Waals surface area contributed by atoms with Gasteiger partial charge in [0.15, 0.2) is 0 Å². The van der Waals surface area contributed by atoms with E-state index in [9.17, 15) is 0 Å². The molecule has 0 N–H and O–H groups in total. The minimum Gasteiger partial charge on any atom is -0.456 e. The number of allylic oxidation sites excluding steroid dienone is 13. The first-order valence-electron chi connectivity index (χ1n) is 18.0. The highest BCUT2D eigenvalue weighted by Gasteiger charge is 2.37. The van der Waals surface area contributed by atoms with Crippen molar-refractivity contribution in [3.05, 3.63) is 184 Å². The minimum absolute atomic E-state index is 0.296. The topological polar surface area (TPSA) is 13.1 Å². The normalized spacial score (nSPS) is 23.8. The maximum absolute atomic E-state index is 6.46. The zero-order valence-corrected chi connectivity index (χ0v) is 27.4. The third-order valence-corrected chi connectivity index (χ3v) is 12.0. The second kappa shape index (κ2) is 10.5. The molecule has 11 rings (SSSR count). The van der Waals surface area contributed by atoms with Crippen LogP contribution in [0.2, 0.25) is 0 Å². The number of rotatable bonds is 2. The lowest BCUT2D eigenvalue weighted by molar-refractivity contribution is 0.554. The highest BCUT2D eigenvalue weighted by Crippen LogP contribution is 2.51. The van der Waals surface area contributed by atoms with Crippen molar-refractivity contribution in [3.8, 4) is 0 Å². The molecule has 5 aliphatic carbocycles. The summed E-state index contributed by atoms with van der Waals surface area (Å²) in [5, 5.41) is 9.23. The molecule has 0 amide bonds. The Morgan fingerprint density at radius 2 is 1.31 bits per heavy atom. The van der Waals surface area contributed by atoms with Crippen LogP contribution in [0, 0.1) is 11.8 Å². The van der Waals surface area contributed by atoms with Crippen molar-refractivity contribution in [1.29, 1.82) is 0 Å². The number of hydrogen-bond acceptors (Lipinski definition) is 1. The first kappa shape index (κ1) is 27.5. The van der Waals surface area contributed by atoms with Crippen LogP contribution in [-0.2, 0) is 6.42 Å². The van der Waals surface area contributed by atoms with Crippen LogP contribution in [0.1, 0.15) is 53.5 Å². The Kier molecular flexibility index (Phi) is 5.93. The van der Waals surface area contributed by atoms with Crippen LogP contribution in [0.4, 0.5) is 0 Å². The summed E-state index contributed by atoms with van der Waals surface area (Å²) in [5.74, 6) is 2.66. The Labute approximate surface area is 286 Å². The molecule has 1 heterocycles. The molecule has 6 aromatic rings. The minimum atomic E-state index is 0.296. The predicted molar refractivity (Wildman–Crippen MR) is 205 cm³/mol. The summed E-state index contributed by atoms with van der Waals surface area (Å²) in [6, 6.07) is 31.8. The third kappa shape index (κ3) is 4.12. The number of hydrogen-bond donors (Lipinski definition) is 0. The zero-order valence-electron chi connectivity index (χ0n) is 27.4. The van der Waals surface area contributed by atoms with Crippen LogP contribution in [-0.4, -0.2) is 0 Å². The van der Waals surface area contributed by atoms with Gasteiger partial charge < -0.3 is 4.42 Å². The SMILES string of the molecule is C1=CC2C3=CCC(c4ccc5oc6c(c5c4)CC(c4ccc5c7ccccc7c7ccccc7c5c4)C=C6)C=C3C3=C(CCC=C3)C2C=C1. The third-order valence-electron chi connectivity index (χ3n) is 12.0. The van der Waals surface area contributed by atoms with Gasteiger partial charge in [-0.15, -0.1) is 0 Å². The van der Waals surface area contributed by atoms with Crippen LogP contribution in [0.15, 0.2) is 166 Å². The predicted octanol–water partition coefficient (Wildman–Crippen LogP) is 12.6. The smallest absolute Gasteiger partial charge is 0.135 e. The van der Waals surface area contributed by atoms with Crippen molar-refractivity contribution in [2.45, 2.75) is 37.5 Å². The van der Waals surface area contributed by atoms with E-state index in [4.69, 9.17) is 4.42 Å². The van der Waals surface area contributed by atoms with Crippen LogP contribution in [0.25, 0.3) is 49.4 Å².